The van der Waals surface area contributed by atoms with Crippen molar-refractivity contribution in [2.45, 2.75) is 65.0 Å². The van der Waals surface area contributed by atoms with Crippen LogP contribution in [0, 0.1) is 5.92 Å². The van der Waals surface area contributed by atoms with E-state index in [9.17, 15) is 0 Å². The predicted molar refractivity (Wildman–Crippen MR) is 74.3 cm³/mol. The average molecular weight is 239 g/mol. The molecular weight excluding hydrogens is 210 g/mol. The summed E-state index contributed by atoms with van der Waals surface area (Å²) in [5.41, 5.74) is 1.34. The maximum absolute atomic E-state index is 5.97. The Balaban J connectivity index is 2.53. The van der Waals surface area contributed by atoms with Crippen LogP contribution in [-0.2, 0) is 4.74 Å². The van der Waals surface area contributed by atoms with Crippen LogP contribution in [0.1, 0.15) is 52.9 Å². The highest BCUT2D eigenvalue weighted by atomic mass is 16.5. The second-order valence-corrected chi connectivity index (χ2v) is 5.13. The molecule has 17 heavy (non-hydrogen) atoms. The molecular formula is C15H29NO. The fraction of sp³-hybridized carbons (Fsp3) is 0.867. The van der Waals surface area contributed by atoms with Gasteiger partial charge in [0.25, 0.3) is 0 Å². The number of ether oxygens (including phenoxy) is 1. The first kappa shape index (κ1) is 14.7. The molecule has 0 spiro atoms. The summed E-state index contributed by atoms with van der Waals surface area (Å²) in [6, 6.07) is 0.467. The number of hydrogen-bond acceptors (Lipinski definition) is 2. The standard InChI is InChI=1S/C15H29NO/c1-5-10-16-14(11-12(4)6-2)15(17-7-3)13-8-9-13/h13-16H,4-11H2,1-3H3. The van der Waals surface area contributed by atoms with E-state index in [1.165, 1.54) is 24.8 Å². The van der Waals surface area contributed by atoms with Gasteiger partial charge in [0.15, 0.2) is 0 Å². The van der Waals surface area contributed by atoms with Gasteiger partial charge in [0.2, 0.25) is 0 Å². The molecule has 0 aromatic carbocycles. The van der Waals surface area contributed by atoms with Gasteiger partial charge in [0.1, 0.15) is 0 Å². The van der Waals surface area contributed by atoms with Gasteiger partial charge in [-0.2, -0.15) is 0 Å². The summed E-state index contributed by atoms with van der Waals surface area (Å²) >= 11 is 0. The second-order valence-electron chi connectivity index (χ2n) is 5.13. The maximum atomic E-state index is 5.97. The zero-order chi connectivity index (χ0) is 12.7. The van der Waals surface area contributed by atoms with Crippen molar-refractivity contribution in [2.24, 2.45) is 5.92 Å². The highest BCUT2D eigenvalue weighted by Crippen LogP contribution is 2.37. The molecule has 0 aromatic rings. The van der Waals surface area contributed by atoms with Gasteiger partial charge in [-0.1, -0.05) is 26.0 Å². The van der Waals surface area contributed by atoms with Gasteiger partial charge in [-0.3, -0.25) is 0 Å². The van der Waals surface area contributed by atoms with Crippen molar-refractivity contribution in [2.75, 3.05) is 13.2 Å². The number of nitrogens with one attached hydrogen (secondary N) is 1. The van der Waals surface area contributed by atoms with Crippen molar-refractivity contribution in [1.82, 2.24) is 5.32 Å². The minimum absolute atomic E-state index is 0.398. The topological polar surface area (TPSA) is 21.3 Å². The summed E-state index contributed by atoms with van der Waals surface area (Å²) in [5, 5.41) is 3.66. The van der Waals surface area contributed by atoms with E-state index in [4.69, 9.17) is 4.74 Å². The Bertz CT molecular complexity index is 223. The number of hydrogen-bond donors (Lipinski definition) is 1. The highest BCUT2D eigenvalue weighted by molar-refractivity contribution is 5.01. The van der Waals surface area contributed by atoms with Crippen LogP contribution in [0.5, 0.6) is 0 Å². The molecule has 1 fully saturated rings. The molecule has 2 nitrogen and oxygen atoms in total. The van der Waals surface area contributed by atoms with Gasteiger partial charge in [0.05, 0.1) is 6.10 Å². The lowest BCUT2D eigenvalue weighted by Crippen LogP contribution is -2.43. The first-order valence-electron chi connectivity index (χ1n) is 7.24. The third-order valence-electron chi connectivity index (χ3n) is 3.51. The Morgan fingerprint density at radius 2 is 2.06 bits per heavy atom. The Morgan fingerprint density at radius 3 is 2.53 bits per heavy atom. The van der Waals surface area contributed by atoms with E-state index in [2.05, 4.69) is 32.7 Å². The van der Waals surface area contributed by atoms with E-state index < -0.39 is 0 Å². The molecule has 0 amide bonds. The Hall–Kier alpha value is -0.340. The van der Waals surface area contributed by atoms with Crippen LogP contribution in [0.4, 0.5) is 0 Å². The molecule has 2 atom stereocenters. The fourth-order valence-corrected chi connectivity index (χ4v) is 2.29. The SMILES string of the molecule is C=C(CC)CC(NCCC)C(OCC)C1CC1. The van der Waals surface area contributed by atoms with Crippen molar-refractivity contribution in [1.29, 1.82) is 0 Å². The molecule has 0 aliphatic heterocycles. The van der Waals surface area contributed by atoms with E-state index >= 15 is 0 Å². The van der Waals surface area contributed by atoms with Gasteiger partial charge in [-0.25, -0.2) is 0 Å². The maximum Gasteiger partial charge on any atom is 0.0759 e. The molecule has 1 rings (SSSR count). The van der Waals surface area contributed by atoms with Crippen LogP contribution >= 0.6 is 0 Å². The van der Waals surface area contributed by atoms with Gasteiger partial charge in [-0.05, 0) is 51.5 Å². The molecule has 2 heteroatoms. The highest BCUT2D eigenvalue weighted by Gasteiger charge is 2.36. The predicted octanol–water partition coefficient (Wildman–Crippen LogP) is 3.53. The van der Waals surface area contributed by atoms with Crippen LogP contribution in [-0.4, -0.2) is 25.3 Å². The molecule has 0 radical (unpaired) electrons. The molecule has 0 aromatic heterocycles. The van der Waals surface area contributed by atoms with Crippen molar-refractivity contribution in [3.05, 3.63) is 12.2 Å². The normalized spacial score (nSPS) is 19.0. The lowest BCUT2D eigenvalue weighted by Gasteiger charge is -2.28. The summed E-state index contributed by atoms with van der Waals surface area (Å²) in [4.78, 5) is 0. The Labute approximate surface area is 107 Å². The van der Waals surface area contributed by atoms with Crippen LogP contribution in [0.25, 0.3) is 0 Å². The zero-order valence-electron chi connectivity index (χ0n) is 11.8. The average Bonchev–Trinajstić information content (AvgIpc) is 3.15. The van der Waals surface area contributed by atoms with E-state index in [0.717, 1.165) is 31.9 Å². The largest absolute Gasteiger partial charge is 0.377 e. The molecule has 1 aliphatic carbocycles. The summed E-state index contributed by atoms with van der Waals surface area (Å²) in [6.07, 6.45) is 6.40. The number of rotatable bonds is 10. The minimum Gasteiger partial charge on any atom is -0.377 e. The lowest BCUT2D eigenvalue weighted by atomic mass is 9.97. The lowest BCUT2D eigenvalue weighted by molar-refractivity contribution is 0.0191. The Kier molecular flexibility index (Phi) is 6.83. The van der Waals surface area contributed by atoms with Gasteiger partial charge >= 0.3 is 0 Å². The van der Waals surface area contributed by atoms with Gasteiger partial charge in [0, 0.05) is 12.6 Å². The van der Waals surface area contributed by atoms with Crippen LogP contribution < -0.4 is 5.32 Å². The summed E-state index contributed by atoms with van der Waals surface area (Å²) in [6.45, 7) is 12.6. The minimum atomic E-state index is 0.398. The van der Waals surface area contributed by atoms with Crippen molar-refractivity contribution in [3.63, 3.8) is 0 Å². The molecule has 0 bridgehead atoms. The molecule has 0 saturated heterocycles. The van der Waals surface area contributed by atoms with Crippen molar-refractivity contribution >= 4 is 0 Å². The van der Waals surface area contributed by atoms with Crippen LogP contribution in [0.2, 0.25) is 0 Å². The monoisotopic (exact) mass is 239 g/mol. The van der Waals surface area contributed by atoms with Gasteiger partial charge in [-0.15, -0.1) is 0 Å². The molecule has 1 N–H and O–H groups in total. The molecule has 1 saturated carbocycles. The van der Waals surface area contributed by atoms with E-state index in [-0.39, 0.29) is 0 Å². The molecule has 1 aliphatic rings. The fourth-order valence-electron chi connectivity index (χ4n) is 2.29. The summed E-state index contributed by atoms with van der Waals surface area (Å²) < 4.78 is 5.97. The first-order chi connectivity index (χ1) is 8.22. The molecule has 100 valence electrons. The van der Waals surface area contributed by atoms with Crippen LogP contribution in [0.15, 0.2) is 12.2 Å². The molecule has 0 heterocycles. The van der Waals surface area contributed by atoms with Crippen molar-refractivity contribution < 1.29 is 4.74 Å². The summed E-state index contributed by atoms with van der Waals surface area (Å²) in [5.74, 6) is 0.786. The smallest absolute Gasteiger partial charge is 0.0759 e. The van der Waals surface area contributed by atoms with Gasteiger partial charge < -0.3 is 10.1 Å². The quantitative estimate of drug-likeness (QED) is 0.589. The third kappa shape index (κ3) is 5.22. The van der Waals surface area contributed by atoms with E-state index in [1.54, 1.807) is 0 Å². The van der Waals surface area contributed by atoms with Crippen molar-refractivity contribution in [3.8, 4) is 0 Å². The summed E-state index contributed by atoms with van der Waals surface area (Å²) in [7, 11) is 0. The van der Waals surface area contributed by atoms with E-state index in [1.807, 2.05) is 0 Å². The van der Waals surface area contributed by atoms with E-state index in [0.29, 0.717) is 12.1 Å². The molecule has 2 unspecified atom stereocenters. The Morgan fingerprint density at radius 1 is 1.35 bits per heavy atom. The second kappa shape index (κ2) is 7.88. The third-order valence-corrected chi connectivity index (χ3v) is 3.51. The first-order valence-corrected chi connectivity index (χ1v) is 7.24. The zero-order valence-corrected chi connectivity index (χ0v) is 11.8. The van der Waals surface area contributed by atoms with Crippen LogP contribution in [0.3, 0.4) is 0 Å².